The van der Waals surface area contributed by atoms with Crippen LogP contribution in [0.5, 0.6) is 5.75 Å². The number of hydrogen-bond donors (Lipinski definition) is 1. The SMILES string of the molecule is COc1cnc(N2CCOCC2)c2sc(NC(=O)N3CCC4(CCCO4)CC3)nc12. The van der Waals surface area contributed by atoms with Crippen LogP contribution in [0.2, 0.25) is 0 Å². The number of nitrogens with one attached hydrogen (secondary N) is 1. The van der Waals surface area contributed by atoms with Gasteiger partial charge in [-0.2, -0.15) is 0 Å². The van der Waals surface area contributed by atoms with Crippen molar-refractivity contribution in [2.24, 2.45) is 0 Å². The number of fused-ring (bicyclic) bond motifs is 1. The summed E-state index contributed by atoms with van der Waals surface area (Å²) in [6.07, 6.45) is 5.74. The zero-order chi connectivity index (χ0) is 20.6. The number of nitrogens with zero attached hydrogens (tertiary/aromatic N) is 4. The molecule has 0 aliphatic carbocycles. The normalized spacial score (nSPS) is 21.4. The third-order valence-corrected chi connectivity index (χ3v) is 7.23. The summed E-state index contributed by atoms with van der Waals surface area (Å²) in [5.74, 6) is 1.47. The average molecular weight is 434 g/mol. The van der Waals surface area contributed by atoms with Crippen molar-refractivity contribution < 1.29 is 19.0 Å². The molecule has 9 nitrogen and oxygen atoms in total. The molecule has 2 aromatic rings. The molecule has 0 aromatic carbocycles. The van der Waals surface area contributed by atoms with E-state index in [0.29, 0.717) is 37.2 Å². The van der Waals surface area contributed by atoms with Crippen molar-refractivity contribution in [2.75, 3.05) is 63.3 Å². The van der Waals surface area contributed by atoms with Gasteiger partial charge in [-0.15, -0.1) is 0 Å². The van der Waals surface area contributed by atoms with Gasteiger partial charge in [0.1, 0.15) is 16.0 Å². The van der Waals surface area contributed by atoms with E-state index in [2.05, 4.69) is 20.2 Å². The van der Waals surface area contributed by atoms with Crippen molar-refractivity contribution in [2.45, 2.75) is 31.3 Å². The molecule has 0 bridgehead atoms. The molecule has 3 saturated heterocycles. The first-order chi connectivity index (χ1) is 14.7. The number of thiazole rings is 1. The van der Waals surface area contributed by atoms with E-state index in [9.17, 15) is 4.79 Å². The summed E-state index contributed by atoms with van der Waals surface area (Å²) in [6, 6.07) is -0.109. The second-order valence-corrected chi connectivity index (χ2v) is 9.00. The molecule has 3 fully saturated rings. The Labute approximate surface area is 179 Å². The lowest BCUT2D eigenvalue weighted by Crippen LogP contribution is -2.47. The molecule has 162 valence electrons. The first-order valence-corrected chi connectivity index (χ1v) is 11.4. The van der Waals surface area contributed by atoms with Crippen molar-refractivity contribution in [1.29, 1.82) is 0 Å². The van der Waals surface area contributed by atoms with E-state index in [1.165, 1.54) is 11.3 Å². The van der Waals surface area contributed by atoms with Gasteiger partial charge in [0.15, 0.2) is 10.9 Å². The Balaban J connectivity index is 1.33. The summed E-state index contributed by atoms with van der Waals surface area (Å²) in [6.45, 7) is 5.19. The second kappa shape index (κ2) is 8.16. The van der Waals surface area contributed by atoms with Gasteiger partial charge < -0.3 is 24.0 Å². The lowest BCUT2D eigenvalue weighted by molar-refractivity contribution is -0.0353. The van der Waals surface area contributed by atoms with Crippen LogP contribution in [0.15, 0.2) is 6.20 Å². The maximum absolute atomic E-state index is 12.9. The summed E-state index contributed by atoms with van der Waals surface area (Å²) < 4.78 is 17.8. The molecule has 1 spiro atoms. The molecule has 2 amide bonds. The minimum atomic E-state index is -0.109. The maximum atomic E-state index is 12.9. The number of hydrogen-bond acceptors (Lipinski definition) is 8. The number of morpholine rings is 1. The number of urea groups is 1. The van der Waals surface area contributed by atoms with Crippen molar-refractivity contribution in [3.8, 4) is 5.75 Å². The molecule has 3 aliphatic heterocycles. The number of methoxy groups -OCH3 is 1. The summed E-state index contributed by atoms with van der Waals surface area (Å²) in [7, 11) is 1.61. The van der Waals surface area contributed by atoms with E-state index in [4.69, 9.17) is 14.2 Å². The van der Waals surface area contributed by atoms with Crippen LogP contribution in [0, 0.1) is 0 Å². The lowest BCUT2D eigenvalue weighted by atomic mass is 9.89. The molecule has 0 unspecified atom stereocenters. The van der Waals surface area contributed by atoms with Crippen LogP contribution in [0.4, 0.5) is 15.7 Å². The summed E-state index contributed by atoms with van der Waals surface area (Å²) in [4.78, 5) is 26.2. The first-order valence-electron chi connectivity index (χ1n) is 10.5. The number of rotatable bonds is 3. The highest BCUT2D eigenvalue weighted by Crippen LogP contribution is 2.39. The van der Waals surface area contributed by atoms with Crippen molar-refractivity contribution in [1.82, 2.24) is 14.9 Å². The topological polar surface area (TPSA) is 89.1 Å². The Morgan fingerprint density at radius 3 is 2.70 bits per heavy atom. The Hall–Kier alpha value is -2.17. The molecule has 30 heavy (non-hydrogen) atoms. The Bertz CT molecular complexity index is 913. The van der Waals surface area contributed by atoms with Gasteiger partial charge in [-0.25, -0.2) is 14.8 Å². The maximum Gasteiger partial charge on any atom is 0.323 e. The van der Waals surface area contributed by atoms with Gasteiger partial charge in [-0.05, 0) is 25.7 Å². The van der Waals surface area contributed by atoms with Crippen LogP contribution < -0.4 is 15.0 Å². The molecule has 0 saturated carbocycles. The van der Waals surface area contributed by atoms with Crippen LogP contribution in [0.1, 0.15) is 25.7 Å². The van der Waals surface area contributed by atoms with E-state index in [-0.39, 0.29) is 11.6 Å². The van der Waals surface area contributed by atoms with Crippen LogP contribution in [-0.2, 0) is 9.47 Å². The van der Waals surface area contributed by atoms with Crippen LogP contribution in [0.25, 0.3) is 10.2 Å². The van der Waals surface area contributed by atoms with Crippen LogP contribution >= 0.6 is 11.3 Å². The number of pyridine rings is 1. The fourth-order valence-electron chi connectivity index (χ4n) is 4.52. The van der Waals surface area contributed by atoms with Crippen molar-refractivity contribution in [3.63, 3.8) is 0 Å². The number of ether oxygens (including phenoxy) is 3. The van der Waals surface area contributed by atoms with Gasteiger partial charge in [0, 0.05) is 32.8 Å². The molecule has 5 heterocycles. The van der Waals surface area contributed by atoms with E-state index in [0.717, 1.165) is 61.4 Å². The number of amides is 2. The zero-order valence-corrected chi connectivity index (χ0v) is 18.0. The van der Waals surface area contributed by atoms with Gasteiger partial charge in [0.2, 0.25) is 0 Å². The zero-order valence-electron chi connectivity index (χ0n) is 17.2. The number of carbonyl (C=O) groups excluding carboxylic acids is 1. The second-order valence-electron chi connectivity index (χ2n) is 8.00. The molecule has 10 heteroatoms. The molecule has 1 N–H and O–H groups in total. The highest BCUT2D eigenvalue weighted by atomic mass is 32.1. The molecule has 3 aliphatic rings. The fourth-order valence-corrected chi connectivity index (χ4v) is 5.50. The highest BCUT2D eigenvalue weighted by Gasteiger charge is 2.39. The first kappa shape index (κ1) is 19.8. The fraction of sp³-hybridized carbons (Fsp3) is 0.650. The van der Waals surface area contributed by atoms with Gasteiger partial charge in [-0.3, -0.25) is 5.32 Å². The summed E-state index contributed by atoms with van der Waals surface area (Å²) in [5, 5.41) is 3.55. The number of carbonyl (C=O) groups is 1. The molecular weight excluding hydrogens is 406 g/mol. The molecule has 5 rings (SSSR count). The Morgan fingerprint density at radius 1 is 1.20 bits per heavy atom. The van der Waals surface area contributed by atoms with Crippen LogP contribution in [0.3, 0.4) is 0 Å². The minimum Gasteiger partial charge on any atom is -0.493 e. The predicted molar refractivity (Wildman–Crippen MR) is 115 cm³/mol. The lowest BCUT2D eigenvalue weighted by Gasteiger charge is -2.38. The van der Waals surface area contributed by atoms with E-state index >= 15 is 0 Å². The molecule has 0 radical (unpaired) electrons. The summed E-state index contributed by atoms with van der Waals surface area (Å²) >= 11 is 1.44. The van der Waals surface area contributed by atoms with Gasteiger partial charge in [0.05, 0.1) is 32.1 Å². The predicted octanol–water partition coefficient (Wildman–Crippen LogP) is 2.71. The van der Waals surface area contributed by atoms with Crippen molar-refractivity contribution in [3.05, 3.63) is 6.20 Å². The number of piperidine rings is 1. The highest BCUT2D eigenvalue weighted by molar-refractivity contribution is 7.23. The van der Waals surface area contributed by atoms with Crippen LogP contribution in [-0.4, -0.2) is 79.6 Å². The Morgan fingerprint density at radius 2 is 2.00 bits per heavy atom. The van der Waals surface area contributed by atoms with Gasteiger partial charge >= 0.3 is 6.03 Å². The van der Waals surface area contributed by atoms with E-state index < -0.39 is 0 Å². The quantitative estimate of drug-likeness (QED) is 0.796. The van der Waals surface area contributed by atoms with Gasteiger partial charge in [-0.1, -0.05) is 11.3 Å². The largest absolute Gasteiger partial charge is 0.493 e. The molecule has 2 aromatic heterocycles. The average Bonchev–Trinajstić information content (AvgIpc) is 3.41. The third kappa shape index (κ3) is 3.67. The Kier molecular flexibility index (Phi) is 5.38. The molecule has 0 atom stereocenters. The van der Waals surface area contributed by atoms with Crippen molar-refractivity contribution >= 4 is 38.5 Å². The third-order valence-electron chi connectivity index (χ3n) is 6.26. The monoisotopic (exact) mass is 433 g/mol. The standard InChI is InChI=1S/C20H27N5O4S/c1-27-14-13-21-17(24-8-11-28-12-9-24)16-15(14)22-18(30-16)23-19(26)25-6-4-20(5-7-25)3-2-10-29-20/h13H,2-12H2,1H3,(H,22,23,26). The smallest absolute Gasteiger partial charge is 0.323 e. The number of anilines is 2. The molecular formula is C20H27N5O4S. The minimum absolute atomic E-state index is 0.00125. The van der Waals surface area contributed by atoms with Gasteiger partial charge in [0.25, 0.3) is 0 Å². The van der Waals surface area contributed by atoms with E-state index in [1.54, 1.807) is 13.3 Å². The van der Waals surface area contributed by atoms with E-state index in [1.807, 2.05) is 4.90 Å². The number of likely N-dealkylation sites (tertiary alicyclic amines) is 1. The number of aromatic nitrogens is 2. The summed E-state index contributed by atoms with van der Waals surface area (Å²) in [5.41, 5.74) is 0.727.